The zero-order chi connectivity index (χ0) is 14.9. The van der Waals surface area contributed by atoms with Crippen LogP contribution >= 0.6 is 0 Å². The third-order valence-corrected chi connectivity index (χ3v) is 5.25. The second-order valence-electron chi connectivity index (χ2n) is 4.86. The predicted molar refractivity (Wildman–Crippen MR) is 72.5 cm³/mol. The summed E-state index contributed by atoms with van der Waals surface area (Å²) in [5.74, 6) is -0.233. The summed E-state index contributed by atoms with van der Waals surface area (Å²) < 4.78 is 27.9. The zero-order valence-corrected chi connectivity index (χ0v) is 12.6. The summed E-state index contributed by atoms with van der Waals surface area (Å²) in [6.07, 6.45) is 1.43. The Morgan fingerprint density at radius 3 is 2.75 bits per heavy atom. The number of carbonyl (C=O) groups is 1. The molecule has 1 aromatic rings. The van der Waals surface area contributed by atoms with Crippen LogP contribution in [0.1, 0.15) is 0 Å². The van der Waals surface area contributed by atoms with Crippen molar-refractivity contribution in [3.63, 3.8) is 0 Å². The first-order chi connectivity index (χ1) is 9.35. The number of hydrogen-bond acceptors (Lipinski definition) is 5. The molecule has 1 aromatic heterocycles. The minimum absolute atomic E-state index is 0.0935. The molecular formula is C11H19N5O3S. The van der Waals surface area contributed by atoms with E-state index in [2.05, 4.69) is 10.4 Å². The molecule has 0 spiro atoms. The Hall–Kier alpha value is -1.45. The number of sulfonamides is 1. The molecule has 112 valence electrons. The van der Waals surface area contributed by atoms with Gasteiger partial charge < -0.3 is 10.2 Å². The van der Waals surface area contributed by atoms with Gasteiger partial charge in [0.1, 0.15) is 6.04 Å². The van der Waals surface area contributed by atoms with E-state index in [1.54, 1.807) is 21.1 Å². The number of aromatic nitrogens is 2. The molecule has 20 heavy (non-hydrogen) atoms. The highest BCUT2D eigenvalue weighted by Crippen LogP contribution is 2.19. The maximum absolute atomic E-state index is 12.7. The predicted octanol–water partition coefficient (Wildman–Crippen LogP) is -1.53. The molecule has 1 amide bonds. The standard InChI is InChI=1S/C11H19N5O3S/c1-14(2)11(17)9-8-12-6-7-16(9)20(18,19)10-4-5-13-15(10)3/h4-5,9,12H,6-8H2,1-3H3. The van der Waals surface area contributed by atoms with Crippen LogP contribution in [0.3, 0.4) is 0 Å². The summed E-state index contributed by atoms with van der Waals surface area (Å²) >= 11 is 0. The van der Waals surface area contributed by atoms with E-state index in [9.17, 15) is 13.2 Å². The summed E-state index contributed by atoms with van der Waals surface area (Å²) in [7, 11) is 1.07. The molecular weight excluding hydrogens is 282 g/mol. The smallest absolute Gasteiger partial charge is 0.261 e. The highest BCUT2D eigenvalue weighted by molar-refractivity contribution is 7.89. The van der Waals surface area contributed by atoms with Crippen molar-refractivity contribution in [1.82, 2.24) is 24.3 Å². The highest BCUT2D eigenvalue weighted by atomic mass is 32.2. The second-order valence-corrected chi connectivity index (χ2v) is 6.70. The lowest BCUT2D eigenvalue weighted by Crippen LogP contribution is -2.59. The molecule has 1 unspecified atom stereocenters. The zero-order valence-electron chi connectivity index (χ0n) is 11.8. The molecule has 0 radical (unpaired) electrons. The number of nitrogens with one attached hydrogen (secondary N) is 1. The van der Waals surface area contributed by atoms with Crippen LogP contribution in [0.4, 0.5) is 0 Å². The number of nitrogens with zero attached hydrogens (tertiary/aromatic N) is 4. The normalized spacial score (nSPS) is 20.9. The van der Waals surface area contributed by atoms with E-state index in [1.807, 2.05) is 0 Å². The van der Waals surface area contributed by atoms with Crippen molar-refractivity contribution in [1.29, 1.82) is 0 Å². The van der Waals surface area contributed by atoms with Gasteiger partial charge in [-0.2, -0.15) is 9.40 Å². The first kappa shape index (κ1) is 14.9. The number of likely N-dealkylation sites (N-methyl/N-ethyl adjacent to an activating group) is 1. The number of hydrogen-bond donors (Lipinski definition) is 1. The molecule has 0 bridgehead atoms. The first-order valence-electron chi connectivity index (χ1n) is 6.27. The summed E-state index contributed by atoms with van der Waals surface area (Å²) in [6.45, 7) is 1.10. The van der Waals surface area contributed by atoms with Crippen LogP contribution in [-0.4, -0.2) is 73.1 Å². The van der Waals surface area contributed by atoms with E-state index in [-0.39, 0.29) is 17.5 Å². The third-order valence-electron chi connectivity index (χ3n) is 3.27. The van der Waals surface area contributed by atoms with Crippen molar-refractivity contribution >= 4 is 15.9 Å². The molecule has 8 nitrogen and oxygen atoms in total. The van der Waals surface area contributed by atoms with Crippen LogP contribution in [0.15, 0.2) is 17.3 Å². The van der Waals surface area contributed by atoms with Crippen molar-refractivity contribution in [2.75, 3.05) is 33.7 Å². The quantitative estimate of drug-likeness (QED) is 0.732. The fraction of sp³-hybridized carbons (Fsp3) is 0.636. The molecule has 2 rings (SSSR count). The van der Waals surface area contributed by atoms with E-state index in [1.165, 1.54) is 26.2 Å². The van der Waals surface area contributed by atoms with E-state index >= 15 is 0 Å². The lowest BCUT2D eigenvalue weighted by molar-refractivity contribution is -0.133. The van der Waals surface area contributed by atoms with Crippen LogP contribution in [0.25, 0.3) is 0 Å². The lowest BCUT2D eigenvalue weighted by Gasteiger charge is -2.35. The van der Waals surface area contributed by atoms with E-state index in [4.69, 9.17) is 0 Å². The van der Waals surface area contributed by atoms with E-state index < -0.39 is 16.1 Å². The van der Waals surface area contributed by atoms with Gasteiger partial charge in [-0.15, -0.1) is 0 Å². The fourth-order valence-electron chi connectivity index (χ4n) is 2.22. The Balaban J connectivity index is 2.38. The number of piperazine rings is 1. The van der Waals surface area contributed by atoms with Gasteiger partial charge in [-0.25, -0.2) is 8.42 Å². The molecule has 0 saturated carbocycles. The van der Waals surface area contributed by atoms with Gasteiger partial charge in [0.05, 0.1) is 6.20 Å². The molecule has 9 heteroatoms. The molecule has 0 aliphatic carbocycles. The van der Waals surface area contributed by atoms with Crippen molar-refractivity contribution in [3.8, 4) is 0 Å². The van der Waals surface area contributed by atoms with Crippen molar-refractivity contribution < 1.29 is 13.2 Å². The van der Waals surface area contributed by atoms with Crippen LogP contribution in [0.5, 0.6) is 0 Å². The molecule has 1 aliphatic heterocycles. The van der Waals surface area contributed by atoms with Crippen molar-refractivity contribution in [2.24, 2.45) is 7.05 Å². The minimum atomic E-state index is -3.73. The first-order valence-corrected chi connectivity index (χ1v) is 7.71. The maximum Gasteiger partial charge on any atom is 0.261 e. The van der Waals surface area contributed by atoms with Crippen LogP contribution in [0.2, 0.25) is 0 Å². The van der Waals surface area contributed by atoms with Crippen LogP contribution < -0.4 is 5.32 Å². The maximum atomic E-state index is 12.7. The van der Waals surface area contributed by atoms with Gasteiger partial charge in [0.2, 0.25) is 5.91 Å². The third kappa shape index (κ3) is 2.56. The number of carbonyl (C=O) groups excluding carboxylic acids is 1. The fourth-order valence-corrected chi connectivity index (χ4v) is 3.90. The molecule has 1 fully saturated rings. The molecule has 0 aromatic carbocycles. The Morgan fingerprint density at radius 2 is 2.20 bits per heavy atom. The summed E-state index contributed by atoms with van der Waals surface area (Å²) in [5, 5.41) is 7.03. The van der Waals surface area contributed by atoms with Crippen LogP contribution in [0, 0.1) is 0 Å². The molecule has 1 N–H and O–H groups in total. The summed E-state index contributed by atoms with van der Waals surface area (Å²) in [4.78, 5) is 13.6. The van der Waals surface area contributed by atoms with Gasteiger partial charge in [-0.3, -0.25) is 9.48 Å². The number of aryl methyl sites for hydroxylation is 1. The topological polar surface area (TPSA) is 87.5 Å². The van der Waals surface area contributed by atoms with Gasteiger partial charge in [0, 0.05) is 40.8 Å². The van der Waals surface area contributed by atoms with Gasteiger partial charge in [-0.1, -0.05) is 0 Å². The Morgan fingerprint density at radius 1 is 1.50 bits per heavy atom. The van der Waals surface area contributed by atoms with Gasteiger partial charge in [0.15, 0.2) is 5.03 Å². The summed E-state index contributed by atoms with van der Waals surface area (Å²) in [5.41, 5.74) is 0. The van der Waals surface area contributed by atoms with Gasteiger partial charge in [-0.05, 0) is 6.07 Å². The monoisotopic (exact) mass is 301 g/mol. The Labute approximate surface area is 118 Å². The van der Waals surface area contributed by atoms with Gasteiger partial charge in [0.25, 0.3) is 10.0 Å². The SMILES string of the molecule is CN(C)C(=O)C1CNCCN1S(=O)(=O)c1ccnn1C. The van der Waals surface area contributed by atoms with Gasteiger partial charge >= 0.3 is 0 Å². The molecule has 1 atom stereocenters. The highest BCUT2D eigenvalue weighted by Gasteiger charge is 2.39. The minimum Gasteiger partial charge on any atom is -0.347 e. The van der Waals surface area contributed by atoms with Crippen LogP contribution in [-0.2, 0) is 21.9 Å². The Bertz CT molecular complexity index is 595. The largest absolute Gasteiger partial charge is 0.347 e. The molecule has 1 saturated heterocycles. The van der Waals surface area contributed by atoms with E-state index in [0.29, 0.717) is 13.1 Å². The van der Waals surface area contributed by atoms with Crippen molar-refractivity contribution in [3.05, 3.63) is 12.3 Å². The second kappa shape index (κ2) is 5.51. The molecule has 2 heterocycles. The average Bonchev–Trinajstić information content (AvgIpc) is 2.84. The number of amides is 1. The lowest BCUT2D eigenvalue weighted by atomic mass is 10.2. The molecule has 1 aliphatic rings. The average molecular weight is 301 g/mol. The van der Waals surface area contributed by atoms with Crippen molar-refractivity contribution in [2.45, 2.75) is 11.1 Å². The van der Waals surface area contributed by atoms with E-state index in [0.717, 1.165) is 0 Å². The Kier molecular flexibility index (Phi) is 4.11. The number of rotatable bonds is 3. The summed E-state index contributed by atoms with van der Waals surface area (Å²) in [6, 6.07) is 0.716.